The summed E-state index contributed by atoms with van der Waals surface area (Å²) in [5.74, 6) is -1.24. The van der Waals surface area contributed by atoms with E-state index >= 15 is 0 Å². The number of amides is 1. The molecule has 22 heavy (non-hydrogen) atoms. The van der Waals surface area contributed by atoms with Crippen LogP contribution in [0.1, 0.15) is 34.3 Å². The van der Waals surface area contributed by atoms with Gasteiger partial charge in [-0.05, 0) is 36.5 Å². The van der Waals surface area contributed by atoms with Crippen LogP contribution in [0, 0.1) is 0 Å². The van der Waals surface area contributed by atoms with E-state index < -0.39 is 21.1 Å². The van der Waals surface area contributed by atoms with Gasteiger partial charge in [-0.25, -0.2) is 13.2 Å². The van der Waals surface area contributed by atoms with Gasteiger partial charge in [-0.3, -0.25) is 4.79 Å². The Kier molecular flexibility index (Phi) is 3.68. The van der Waals surface area contributed by atoms with Crippen LogP contribution < -0.4 is 0 Å². The summed E-state index contributed by atoms with van der Waals surface area (Å²) in [6, 6.07) is 5.01. The molecular formula is C15H17NO5S. The van der Waals surface area contributed by atoms with Crippen molar-refractivity contribution in [2.45, 2.75) is 31.1 Å². The van der Waals surface area contributed by atoms with E-state index in [9.17, 15) is 23.1 Å². The number of fused-ring (bicyclic) bond motifs is 1. The number of carbonyl (C=O) groups excluding carboxylic acids is 1. The highest BCUT2D eigenvalue weighted by atomic mass is 32.2. The lowest BCUT2D eigenvalue weighted by Gasteiger charge is -2.31. The molecule has 2 aliphatic rings. The van der Waals surface area contributed by atoms with Crippen molar-refractivity contribution in [2.24, 2.45) is 0 Å². The van der Waals surface area contributed by atoms with Gasteiger partial charge in [0.15, 0.2) is 9.84 Å². The fourth-order valence-electron chi connectivity index (χ4n) is 3.27. The summed E-state index contributed by atoms with van der Waals surface area (Å²) in [5.41, 5.74) is 1.79. The standard InChI is InChI=1S/C15H17NO5S/c17-14(13-5-2-8-22(13,20)21)16-7-6-11-10(9-16)3-1-4-12(11)15(18)19/h1,3-4,13H,2,5-9H2,(H,18,19). The average Bonchev–Trinajstić information content (AvgIpc) is 2.84. The molecule has 1 aromatic rings. The van der Waals surface area contributed by atoms with Crippen LogP contribution in [0.5, 0.6) is 0 Å². The molecule has 6 nitrogen and oxygen atoms in total. The highest BCUT2D eigenvalue weighted by molar-refractivity contribution is 7.93. The van der Waals surface area contributed by atoms with Crippen molar-refractivity contribution < 1.29 is 23.1 Å². The van der Waals surface area contributed by atoms with Gasteiger partial charge < -0.3 is 10.0 Å². The van der Waals surface area contributed by atoms with Crippen LogP contribution in [0.15, 0.2) is 18.2 Å². The topological polar surface area (TPSA) is 91.8 Å². The molecule has 0 aromatic heterocycles. The van der Waals surface area contributed by atoms with Crippen LogP contribution in [0.3, 0.4) is 0 Å². The number of aromatic carboxylic acids is 1. The van der Waals surface area contributed by atoms with Gasteiger partial charge in [-0.1, -0.05) is 12.1 Å². The SMILES string of the molecule is O=C(O)c1cccc2c1CCN(C(=O)C1CCCS1(=O)=O)C2. The van der Waals surface area contributed by atoms with Gasteiger partial charge in [0.1, 0.15) is 5.25 Å². The van der Waals surface area contributed by atoms with E-state index in [2.05, 4.69) is 0 Å². The monoisotopic (exact) mass is 323 g/mol. The van der Waals surface area contributed by atoms with Crippen LogP contribution in [-0.2, 0) is 27.6 Å². The van der Waals surface area contributed by atoms with Crippen molar-refractivity contribution in [2.75, 3.05) is 12.3 Å². The first-order chi connectivity index (χ1) is 10.4. The molecule has 1 amide bonds. The lowest BCUT2D eigenvalue weighted by atomic mass is 9.94. The zero-order valence-electron chi connectivity index (χ0n) is 12.0. The number of hydrogen-bond acceptors (Lipinski definition) is 4. The zero-order valence-corrected chi connectivity index (χ0v) is 12.8. The fourth-order valence-corrected chi connectivity index (χ4v) is 5.11. The lowest BCUT2D eigenvalue weighted by Crippen LogP contribution is -2.44. The number of benzene rings is 1. The van der Waals surface area contributed by atoms with Crippen LogP contribution in [-0.4, -0.2) is 47.8 Å². The van der Waals surface area contributed by atoms with Crippen LogP contribution >= 0.6 is 0 Å². The molecule has 1 atom stereocenters. The van der Waals surface area contributed by atoms with Crippen molar-refractivity contribution in [3.05, 3.63) is 34.9 Å². The molecule has 2 heterocycles. The molecule has 0 spiro atoms. The Morgan fingerprint density at radius 3 is 2.68 bits per heavy atom. The second-order valence-electron chi connectivity index (χ2n) is 5.76. The number of carboxylic acids is 1. The molecule has 0 saturated carbocycles. The van der Waals surface area contributed by atoms with Gasteiger partial charge >= 0.3 is 5.97 Å². The molecule has 3 rings (SSSR count). The van der Waals surface area contributed by atoms with Gasteiger partial charge in [-0.2, -0.15) is 0 Å². The quantitative estimate of drug-likeness (QED) is 0.871. The van der Waals surface area contributed by atoms with Crippen molar-refractivity contribution in [3.8, 4) is 0 Å². The third-order valence-corrected chi connectivity index (χ3v) is 6.57. The summed E-state index contributed by atoms with van der Waals surface area (Å²) in [7, 11) is -3.32. The second kappa shape index (κ2) is 5.39. The van der Waals surface area contributed by atoms with Crippen LogP contribution in [0.25, 0.3) is 0 Å². The van der Waals surface area contributed by atoms with E-state index in [-0.39, 0.29) is 23.8 Å². The summed E-state index contributed by atoms with van der Waals surface area (Å²) in [5, 5.41) is 8.28. The number of hydrogen-bond donors (Lipinski definition) is 1. The Labute approximate surface area is 128 Å². The van der Waals surface area contributed by atoms with E-state index in [0.29, 0.717) is 25.8 Å². The summed E-state index contributed by atoms with van der Waals surface area (Å²) >= 11 is 0. The molecule has 0 bridgehead atoms. The van der Waals surface area contributed by atoms with Crippen LogP contribution in [0.4, 0.5) is 0 Å². The molecule has 1 saturated heterocycles. The van der Waals surface area contributed by atoms with Gasteiger partial charge in [-0.15, -0.1) is 0 Å². The van der Waals surface area contributed by atoms with E-state index in [1.807, 2.05) is 0 Å². The Morgan fingerprint density at radius 1 is 1.27 bits per heavy atom. The highest BCUT2D eigenvalue weighted by Crippen LogP contribution is 2.27. The minimum absolute atomic E-state index is 0.0804. The lowest BCUT2D eigenvalue weighted by molar-refractivity contribution is -0.131. The molecule has 7 heteroatoms. The number of carboxylic acid groups (broad SMARTS) is 1. The molecule has 0 aliphatic carbocycles. The van der Waals surface area contributed by atoms with Crippen LogP contribution in [0.2, 0.25) is 0 Å². The fraction of sp³-hybridized carbons (Fsp3) is 0.467. The Balaban J connectivity index is 1.85. The van der Waals surface area contributed by atoms with Crippen molar-refractivity contribution >= 4 is 21.7 Å². The van der Waals surface area contributed by atoms with E-state index in [0.717, 1.165) is 11.1 Å². The normalized spacial score (nSPS) is 23.1. The molecule has 2 aliphatic heterocycles. The Morgan fingerprint density at radius 2 is 2.05 bits per heavy atom. The molecule has 1 fully saturated rings. The predicted molar refractivity (Wildman–Crippen MR) is 79.3 cm³/mol. The average molecular weight is 323 g/mol. The van der Waals surface area contributed by atoms with Gasteiger partial charge in [0, 0.05) is 13.1 Å². The molecular weight excluding hydrogens is 306 g/mol. The largest absolute Gasteiger partial charge is 0.478 e. The maximum absolute atomic E-state index is 12.5. The third kappa shape index (κ3) is 2.49. The minimum atomic E-state index is -3.32. The number of sulfone groups is 1. The number of rotatable bonds is 2. The first-order valence-electron chi connectivity index (χ1n) is 7.24. The first kappa shape index (κ1) is 15.0. The van der Waals surface area contributed by atoms with E-state index in [4.69, 9.17) is 0 Å². The number of nitrogens with zero attached hydrogens (tertiary/aromatic N) is 1. The maximum Gasteiger partial charge on any atom is 0.335 e. The van der Waals surface area contributed by atoms with Gasteiger partial charge in [0.2, 0.25) is 5.91 Å². The smallest absolute Gasteiger partial charge is 0.335 e. The Bertz CT molecular complexity index is 740. The first-order valence-corrected chi connectivity index (χ1v) is 8.96. The highest BCUT2D eigenvalue weighted by Gasteiger charge is 2.40. The molecule has 1 aromatic carbocycles. The Hall–Kier alpha value is -1.89. The molecule has 1 unspecified atom stereocenters. The molecule has 1 N–H and O–H groups in total. The van der Waals surface area contributed by atoms with Crippen molar-refractivity contribution in [3.63, 3.8) is 0 Å². The van der Waals surface area contributed by atoms with E-state index in [1.54, 1.807) is 23.1 Å². The van der Waals surface area contributed by atoms with Gasteiger partial charge in [0.05, 0.1) is 11.3 Å². The predicted octanol–water partition coefficient (Wildman–Crippen LogP) is 0.847. The maximum atomic E-state index is 12.5. The zero-order chi connectivity index (χ0) is 15.9. The molecule has 0 radical (unpaired) electrons. The minimum Gasteiger partial charge on any atom is -0.478 e. The van der Waals surface area contributed by atoms with Gasteiger partial charge in [0.25, 0.3) is 0 Å². The second-order valence-corrected chi connectivity index (χ2v) is 8.06. The van der Waals surface area contributed by atoms with Crippen molar-refractivity contribution in [1.29, 1.82) is 0 Å². The van der Waals surface area contributed by atoms with E-state index in [1.165, 1.54) is 0 Å². The molecule has 118 valence electrons. The summed E-state index contributed by atoms with van der Waals surface area (Å²) in [6.07, 6.45) is 1.36. The number of carbonyl (C=O) groups is 2. The summed E-state index contributed by atoms with van der Waals surface area (Å²) < 4.78 is 23.8. The third-order valence-electron chi connectivity index (χ3n) is 4.41. The van der Waals surface area contributed by atoms with Crippen molar-refractivity contribution in [1.82, 2.24) is 4.90 Å². The summed E-state index contributed by atoms with van der Waals surface area (Å²) in [4.78, 5) is 25.2. The summed E-state index contributed by atoms with van der Waals surface area (Å²) in [6.45, 7) is 0.642.